The SMILES string of the molecule is CCCn1c(-c2ccc(N)cc2F)nc2cccc(Cl)c21. The molecule has 0 aliphatic rings. The Morgan fingerprint density at radius 2 is 2.10 bits per heavy atom. The van der Waals surface area contributed by atoms with Gasteiger partial charge in [0.05, 0.1) is 21.6 Å². The number of halogens is 2. The van der Waals surface area contributed by atoms with Crippen LogP contribution in [-0.2, 0) is 6.54 Å². The van der Waals surface area contributed by atoms with E-state index < -0.39 is 0 Å². The first-order valence-corrected chi connectivity index (χ1v) is 7.19. The molecule has 0 atom stereocenters. The number of fused-ring (bicyclic) bond motifs is 1. The van der Waals surface area contributed by atoms with Crippen LogP contribution < -0.4 is 5.73 Å². The second-order valence-electron chi connectivity index (χ2n) is 4.93. The third kappa shape index (κ3) is 2.36. The molecule has 1 aromatic heterocycles. The van der Waals surface area contributed by atoms with Crippen molar-refractivity contribution in [1.82, 2.24) is 9.55 Å². The molecule has 0 aliphatic carbocycles. The molecule has 0 saturated heterocycles. The molecule has 0 bridgehead atoms. The minimum atomic E-state index is -0.376. The highest BCUT2D eigenvalue weighted by Gasteiger charge is 2.17. The van der Waals surface area contributed by atoms with Gasteiger partial charge in [-0.2, -0.15) is 0 Å². The van der Waals surface area contributed by atoms with Crippen LogP contribution in [0.2, 0.25) is 5.02 Å². The molecule has 2 aromatic carbocycles. The number of hydrogen-bond donors (Lipinski definition) is 1. The van der Waals surface area contributed by atoms with Crippen LogP contribution in [-0.4, -0.2) is 9.55 Å². The molecule has 0 amide bonds. The molecule has 2 N–H and O–H groups in total. The average Bonchev–Trinajstić information content (AvgIpc) is 2.79. The zero-order valence-electron chi connectivity index (χ0n) is 11.6. The molecule has 0 fully saturated rings. The maximum absolute atomic E-state index is 14.2. The Morgan fingerprint density at radius 3 is 2.81 bits per heavy atom. The fourth-order valence-electron chi connectivity index (χ4n) is 2.50. The van der Waals surface area contributed by atoms with Crippen LogP contribution in [0.25, 0.3) is 22.4 Å². The van der Waals surface area contributed by atoms with E-state index >= 15 is 0 Å². The molecule has 3 nitrogen and oxygen atoms in total. The predicted octanol–water partition coefficient (Wildman–Crippen LogP) is 4.49. The number of imidazole rings is 1. The number of hydrogen-bond acceptors (Lipinski definition) is 2. The van der Waals surface area contributed by atoms with Crippen LogP contribution in [0.15, 0.2) is 36.4 Å². The van der Waals surface area contributed by atoms with E-state index in [4.69, 9.17) is 17.3 Å². The first-order valence-electron chi connectivity index (χ1n) is 6.82. The molecule has 3 rings (SSSR count). The van der Waals surface area contributed by atoms with Crippen molar-refractivity contribution in [3.63, 3.8) is 0 Å². The molecular formula is C16H15ClFN3. The first-order chi connectivity index (χ1) is 10.1. The van der Waals surface area contributed by atoms with Gasteiger partial charge in [-0.15, -0.1) is 0 Å². The lowest BCUT2D eigenvalue weighted by molar-refractivity contribution is 0.626. The van der Waals surface area contributed by atoms with Crippen LogP contribution in [0.3, 0.4) is 0 Å². The number of rotatable bonds is 3. The Morgan fingerprint density at radius 1 is 1.29 bits per heavy atom. The van der Waals surface area contributed by atoms with Crippen LogP contribution in [0.1, 0.15) is 13.3 Å². The summed E-state index contributed by atoms with van der Waals surface area (Å²) in [7, 11) is 0. The van der Waals surface area contributed by atoms with E-state index in [0.717, 1.165) is 24.0 Å². The summed E-state index contributed by atoms with van der Waals surface area (Å²) in [6, 6.07) is 10.2. The van der Waals surface area contributed by atoms with Gasteiger partial charge in [-0.25, -0.2) is 9.37 Å². The summed E-state index contributed by atoms with van der Waals surface area (Å²) in [5.74, 6) is 0.205. The molecule has 0 radical (unpaired) electrons. The van der Waals surface area contributed by atoms with E-state index in [9.17, 15) is 4.39 Å². The second-order valence-corrected chi connectivity index (χ2v) is 5.34. The standard InChI is InChI=1S/C16H15ClFN3/c1-2-8-21-15-12(17)4-3-5-14(15)20-16(21)11-7-6-10(19)9-13(11)18/h3-7,9H,2,8,19H2,1H3. The minimum absolute atomic E-state index is 0.376. The van der Waals surface area contributed by atoms with Gasteiger partial charge < -0.3 is 10.3 Å². The third-order valence-electron chi connectivity index (χ3n) is 3.40. The summed E-state index contributed by atoms with van der Waals surface area (Å²) < 4.78 is 16.2. The summed E-state index contributed by atoms with van der Waals surface area (Å²) in [5, 5.41) is 0.621. The van der Waals surface area contributed by atoms with E-state index in [1.165, 1.54) is 6.07 Å². The van der Waals surface area contributed by atoms with Gasteiger partial charge in [0.25, 0.3) is 0 Å². The Kier molecular flexibility index (Phi) is 3.55. The van der Waals surface area contributed by atoms with Crippen LogP contribution in [0, 0.1) is 5.82 Å². The van der Waals surface area contributed by atoms with Crippen molar-refractivity contribution >= 4 is 28.3 Å². The minimum Gasteiger partial charge on any atom is -0.399 e. The predicted molar refractivity (Wildman–Crippen MR) is 84.8 cm³/mol. The van der Waals surface area contributed by atoms with Crippen LogP contribution >= 0.6 is 11.6 Å². The summed E-state index contributed by atoms with van der Waals surface area (Å²) in [6.07, 6.45) is 0.903. The number of anilines is 1. The lowest BCUT2D eigenvalue weighted by Crippen LogP contribution is -2.01. The zero-order valence-corrected chi connectivity index (χ0v) is 12.4. The van der Waals surface area contributed by atoms with E-state index in [2.05, 4.69) is 11.9 Å². The number of para-hydroxylation sites is 1. The highest BCUT2D eigenvalue weighted by atomic mass is 35.5. The highest BCUT2D eigenvalue weighted by Crippen LogP contribution is 2.31. The fraction of sp³-hybridized carbons (Fsp3) is 0.188. The second kappa shape index (κ2) is 5.37. The maximum Gasteiger partial charge on any atom is 0.144 e. The lowest BCUT2D eigenvalue weighted by atomic mass is 10.2. The number of nitrogens with zero attached hydrogens (tertiary/aromatic N) is 2. The normalized spacial score (nSPS) is 11.2. The van der Waals surface area contributed by atoms with Gasteiger partial charge in [0.15, 0.2) is 0 Å². The van der Waals surface area contributed by atoms with Crippen molar-refractivity contribution in [2.24, 2.45) is 0 Å². The van der Waals surface area contributed by atoms with Crippen molar-refractivity contribution < 1.29 is 4.39 Å². The van der Waals surface area contributed by atoms with Gasteiger partial charge in [0, 0.05) is 12.2 Å². The Bertz CT molecular complexity index is 811. The van der Waals surface area contributed by atoms with Crippen molar-refractivity contribution in [1.29, 1.82) is 0 Å². The van der Waals surface area contributed by atoms with E-state index in [1.54, 1.807) is 12.1 Å². The Hall–Kier alpha value is -2.07. The van der Waals surface area contributed by atoms with E-state index in [-0.39, 0.29) is 5.82 Å². The van der Waals surface area contributed by atoms with Gasteiger partial charge in [0.2, 0.25) is 0 Å². The van der Waals surface area contributed by atoms with Crippen molar-refractivity contribution in [2.75, 3.05) is 5.73 Å². The summed E-state index contributed by atoms with van der Waals surface area (Å²) in [5.41, 5.74) is 8.05. The molecule has 5 heteroatoms. The Balaban J connectivity index is 2.31. The van der Waals surface area contributed by atoms with Crippen molar-refractivity contribution in [2.45, 2.75) is 19.9 Å². The number of aryl methyl sites for hydroxylation is 1. The number of aromatic nitrogens is 2. The van der Waals surface area contributed by atoms with Gasteiger partial charge in [-0.1, -0.05) is 24.6 Å². The van der Waals surface area contributed by atoms with E-state index in [0.29, 0.717) is 22.1 Å². The summed E-state index contributed by atoms with van der Waals surface area (Å²) in [4.78, 5) is 4.55. The zero-order chi connectivity index (χ0) is 15.0. The van der Waals surface area contributed by atoms with Crippen molar-refractivity contribution in [3.05, 3.63) is 47.2 Å². The molecule has 108 valence electrons. The Labute approximate surface area is 127 Å². The monoisotopic (exact) mass is 303 g/mol. The maximum atomic E-state index is 14.2. The fourth-order valence-corrected chi connectivity index (χ4v) is 2.77. The molecule has 0 saturated carbocycles. The van der Waals surface area contributed by atoms with Gasteiger partial charge in [-0.3, -0.25) is 0 Å². The largest absolute Gasteiger partial charge is 0.399 e. The molecule has 3 aromatic rings. The summed E-state index contributed by atoms with van der Waals surface area (Å²) >= 11 is 6.29. The molecule has 21 heavy (non-hydrogen) atoms. The molecular weight excluding hydrogens is 289 g/mol. The highest BCUT2D eigenvalue weighted by molar-refractivity contribution is 6.35. The van der Waals surface area contributed by atoms with Gasteiger partial charge in [-0.05, 0) is 36.8 Å². The quantitative estimate of drug-likeness (QED) is 0.725. The number of nitrogen functional groups attached to an aromatic ring is 1. The lowest BCUT2D eigenvalue weighted by Gasteiger charge is -2.09. The topological polar surface area (TPSA) is 43.8 Å². The molecule has 0 spiro atoms. The molecule has 1 heterocycles. The molecule has 0 aliphatic heterocycles. The van der Waals surface area contributed by atoms with Gasteiger partial charge in [0.1, 0.15) is 11.6 Å². The van der Waals surface area contributed by atoms with Crippen LogP contribution in [0.5, 0.6) is 0 Å². The van der Waals surface area contributed by atoms with Crippen molar-refractivity contribution in [3.8, 4) is 11.4 Å². The van der Waals surface area contributed by atoms with Crippen LogP contribution in [0.4, 0.5) is 10.1 Å². The first kappa shape index (κ1) is 13.9. The van der Waals surface area contributed by atoms with Gasteiger partial charge >= 0.3 is 0 Å². The van der Waals surface area contributed by atoms with E-state index in [1.807, 2.05) is 22.8 Å². The summed E-state index contributed by atoms with van der Waals surface area (Å²) in [6.45, 7) is 2.78. The third-order valence-corrected chi connectivity index (χ3v) is 3.70. The number of benzene rings is 2. The smallest absolute Gasteiger partial charge is 0.144 e. The average molecular weight is 304 g/mol. The molecule has 0 unspecified atom stereocenters. The number of nitrogens with two attached hydrogens (primary N) is 1.